The molecule has 31 heavy (non-hydrogen) atoms. The highest BCUT2D eigenvalue weighted by Gasteiger charge is 2.50. The maximum atomic E-state index is 12.5. The molecule has 2 aliphatic carbocycles. The van der Waals surface area contributed by atoms with Gasteiger partial charge in [0.15, 0.2) is 18.2 Å². The largest absolute Gasteiger partial charge is 0.414 e. The van der Waals surface area contributed by atoms with Gasteiger partial charge in [0.05, 0.1) is 16.6 Å². The van der Waals surface area contributed by atoms with Gasteiger partial charge in [0.25, 0.3) is 0 Å². The Morgan fingerprint density at radius 3 is 2.32 bits per heavy atom. The van der Waals surface area contributed by atoms with Gasteiger partial charge in [-0.1, -0.05) is 52.7 Å². The molecule has 0 saturated heterocycles. The highest BCUT2D eigenvalue weighted by molar-refractivity contribution is 7.92. The molecule has 6 heteroatoms. The van der Waals surface area contributed by atoms with E-state index in [1.165, 1.54) is 36.5 Å². The van der Waals surface area contributed by atoms with E-state index in [9.17, 15) is 13.5 Å². The zero-order valence-corrected chi connectivity index (χ0v) is 23.1. The lowest BCUT2D eigenvalue weighted by Crippen LogP contribution is -2.48. The van der Waals surface area contributed by atoms with E-state index in [-0.39, 0.29) is 17.1 Å². The van der Waals surface area contributed by atoms with Gasteiger partial charge in [-0.15, -0.1) is 0 Å². The molecule has 1 saturated carbocycles. The Kier molecular flexibility index (Phi) is 8.72. The van der Waals surface area contributed by atoms with Crippen molar-refractivity contribution in [2.24, 2.45) is 17.3 Å². The van der Waals surface area contributed by atoms with E-state index in [1.54, 1.807) is 20.8 Å². The van der Waals surface area contributed by atoms with Crippen LogP contribution in [0.25, 0.3) is 0 Å². The van der Waals surface area contributed by atoms with E-state index in [2.05, 4.69) is 40.7 Å². The minimum absolute atomic E-state index is 0.111. The fraction of sp³-hybridized carbons (Fsp3) is 0.920. The molecule has 5 atom stereocenters. The standard InChI is InChI=1S/C25H48O4SSi/c1-9-31(10-2,11-3)29-23-13-12-16-25(8)21(14-15-22(23)25)19(4)17-20(26)18-30(27,28)24(5,6)7/h14,19-20,22-23,26H,9-13,15-18H2,1-8H3/t19-,20?,22+,23+,25-/m1/s1. The predicted molar refractivity (Wildman–Crippen MR) is 134 cm³/mol. The van der Waals surface area contributed by atoms with Gasteiger partial charge >= 0.3 is 0 Å². The first-order chi connectivity index (χ1) is 14.2. The Balaban J connectivity index is 2.11. The fourth-order valence-electron chi connectivity index (χ4n) is 6.06. The maximum Gasteiger partial charge on any atom is 0.192 e. The van der Waals surface area contributed by atoms with Crippen molar-refractivity contribution in [3.8, 4) is 0 Å². The van der Waals surface area contributed by atoms with E-state index >= 15 is 0 Å². The van der Waals surface area contributed by atoms with Crippen LogP contribution in [0.2, 0.25) is 18.1 Å². The first-order valence-electron chi connectivity index (χ1n) is 12.5. The summed E-state index contributed by atoms with van der Waals surface area (Å²) in [6, 6.07) is 3.56. The molecule has 1 fully saturated rings. The summed E-state index contributed by atoms with van der Waals surface area (Å²) in [5.74, 6) is 0.549. The monoisotopic (exact) mass is 472 g/mol. The molecule has 0 aromatic carbocycles. The molecule has 0 aliphatic heterocycles. The van der Waals surface area contributed by atoms with Gasteiger partial charge in [-0.25, -0.2) is 8.42 Å². The number of allylic oxidation sites excluding steroid dienone is 2. The van der Waals surface area contributed by atoms with Crippen molar-refractivity contribution < 1.29 is 18.0 Å². The number of fused-ring (bicyclic) bond motifs is 1. The molecule has 0 aromatic rings. The lowest BCUT2D eigenvalue weighted by molar-refractivity contribution is 0.0164. The molecule has 2 aliphatic rings. The molecular formula is C25H48O4SSi. The van der Waals surface area contributed by atoms with Gasteiger partial charge in [0, 0.05) is 6.10 Å². The molecule has 0 aromatic heterocycles. The van der Waals surface area contributed by atoms with Crippen LogP contribution in [0, 0.1) is 17.3 Å². The summed E-state index contributed by atoms with van der Waals surface area (Å²) >= 11 is 0. The molecule has 0 bridgehead atoms. The highest BCUT2D eigenvalue weighted by atomic mass is 32.2. The molecule has 182 valence electrons. The van der Waals surface area contributed by atoms with Crippen LogP contribution in [0.15, 0.2) is 11.6 Å². The van der Waals surface area contributed by atoms with Crippen molar-refractivity contribution in [2.45, 2.75) is 123 Å². The summed E-state index contributed by atoms with van der Waals surface area (Å²) in [4.78, 5) is 0. The number of sulfone groups is 1. The Labute approximate surface area is 193 Å². The van der Waals surface area contributed by atoms with Gasteiger partial charge in [0.1, 0.15) is 0 Å². The summed E-state index contributed by atoms with van der Waals surface area (Å²) in [7, 11) is -4.98. The van der Waals surface area contributed by atoms with Gasteiger partial charge in [-0.3, -0.25) is 0 Å². The first-order valence-corrected chi connectivity index (χ1v) is 16.7. The Morgan fingerprint density at radius 1 is 1.23 bits per heavy atom. The Hall–Kier alpha value is -0.173. The summed E-state index contributed by atoms with van der Waals surface area (Å²) in [6.45, 7) is 16.6. The zero-order valence-electron chi connectivity index (χ0n) is 21.3. The van der Waals surface area contributed by atoms with E-state index in [0.717, 1.165) is 12.8 Å². The van der Waals surface area contributed by atoms with Crippen LogP contribution in [0.4, 0.5) is 0 Å². The number of aliphatic hydroxyl groups is 1. The maximum absolute atomic E-state index is 12.5. The van der Waals surface area contributed by atoms with Crippen molar-refractivity contribution in [1.82, 2.24) is 0 Å². The molecular weight excluding hydrogens is 424 g/mol. The van der Waals surface area contributed by atoms with Crippen LogP contribution >= 0.6 is 0 Å². The second-order valence-corrected chi connectivity index (χ2v) is 18.9. The highest BCUT2D eigenvalue weighted by Crippen LogP contribution is 2.56. The zero-order chi connectivity index (χ0) is 23.7. The molecule has 4 nitrogen and oxygen atoms in total. The average Bonchev–Trinajstić information content (AvgIpc) is 3.02. The van der Waals surface area contributed by atoms with Crippen molar-refractivity contribution in [1.29, 1.82) is 0 Å². The Bertz CT molecular complexity index is 727. The normalized spacial score (nSPS) is 29.4. The average molecular weight is 473 g/mol. The third-order valence-electron chi connectivity index (χ3n) is 8.54. The number of rotatable bonds is 10. The van der Waals surface area contributed by atoms with Gasteiger partial charge in [-0.05, 0) is 81.8 Å². The number of aliphatic hydroxyl groups excluding tert-OH is 1. The Morgan fingerprint density at radius 2 is 1.81 bits per heavy atom. The van der Waals surface area contributed by atoms with Crippen LogP contribution in [-0.2, 0) is 14.3 Å². The van der Waals surface area contributed by atoms with Crippen molar-refractivity contribution >= 4 is 18.2 Å². The van der Waals surface area contributed by atoms with Crippen LogP contribution < -0.4 is 0 Å². The topological polar surface area (TPSA) is 63.6 Å². The first kappa shape index (κ1) is 27.1. The third-order valence-corrected chi connectivity index (χ3v) is 15.9. The minimum atomic E-state index is -3.33. The molecule has 0 heterocycles. The lowest BCUT2D eigenvalue weighted by Gasteiger charge is -2.48. The summed E-state index contributed by atoms with van der Waals surface area (Å²) in [6.07, 6.45) is 7.00. The van der Waals surface area contributed by atoms with E-state index < -0.39 is 29.0 Å². The van der Waals surface area contributed by atoms with Crippen LogP contribution in [0.5, 0.6) is 0 Å². The quantitative estimate of drug-likeness (QED) is 0.307. The SMILES string of the molecule is CC[Si](CC)(CC)O[C@H]1CCC[C@]2(C)C([C@H](C)CC(O)CS(=O)(=O)C(C)(C)C)=CC[C@@H]12. The van der Waals surface area contributed by atoms with E-state index in [4.69, 9.17) is 4.43 Å². The lowest BCUT2D eigenvalue weighted by atomic mass is 9.63. The van der Waals surface area contributed by atoms with Gasteiger partial charge in [0.2, 0.25) is 0 Å². The molecule has 1 unspecified atom stereocenters. The van der Waals surface area contributed by atoms with Crippen LogP contribution in [0.1, 0.15) is 87.5 Å². The predicted octanol–water partition coefficient (Wildman–Crippen LogP) is 6.11. The van der Waals surface area contributed by atoms with Gasteiger partial charge < -0.3 is 9.53 Å². The summed E-state index contributed by atoms with van der Waals surface area (Å²) < 4.78 is 31.2. The molecule has 1 N–H and O–H groups in total. The van der Waals surface area contributed by atoms with E-state index in [1.807, 2.05) is 0 Å². The minimum Gasteiger partial charge on any atom is -0.414 e. The van der Waals surface area contributed by atoms with Crippen molar-refractivity contribution in [3.63, 3.8) is 0 Å². The van der Waals surface area contributed by atoms with Crippen molar-refractivity contribution in [2.75, 3.05) is 5.75 Å². The second kappa shape index (κ2) is 9.98. The van der Waals surface area contributed by atoms with Crippen LogP contribution in [0.3, 0.4) is 0 Å². The fourth-order valence-corrected chi connectivity index (χ4v) is 10.1. The second-order valence-electron chi connectivity index (χ2n) is 11.4. The summed E-state index contributed by atoms with van der Waals surface area (Å²) in [5, 5.41) is 10.6. The van der Waals surface area contributed by atoms with Crippen LogP contribution in [-0.4, -0.2) is 44.5 Å². The number of hydrogen-bond donors (Lipinski definition) is 1. The molecule has 0 amide bonds. The third kappa shape index (κ3) is 5.67. The molecule has 2 rings (SSSR count). The van der Waals surface area contributed by atoms with Crippen molar-refractivity contribution in [3.05, 3.63) is 11.6 Å². The number of hydrogen-bond acceptors (Lipinski definition) is 4. The van der Waals surface area contributed by atoms with E-state index in [0.29, 0.717) is 18.4 Å². The van der Waals surface area contributed by atoms with Gasteiger partial charge in [-0.2, -0.15) is 0 Å². The molecule has 0 radical (unpaired) electrons. The molecule has 0 spiro atoms. The smallest absolute Gasteiger partial charge is 0.192 e. The summed E-state index contributed by atoms with van der Waals surface area (Å²) in [5.41, 5.74) is 1.54.